The Kier molecular flexibility index (Phi) is 3.47. The molecule has 3 rings (SSSR count). The average molecular weight is 271 g/mol. The van der Waals surface area contributed by atoms with Crippen LogP contribution in [-0.2, 0) is 0 Å². The van der Waals surface area contributed by atoms with Gasteiger partial charge in [-0.2, -0.15) is 0 Å². The van der Waals surface area contributed by atoms with Gasteiger partial charge in [-0.05, 0) is 19.1 Å². The van der Waals surface area contributed by atoms with Crippen LogP contribution >= 0.6 is 0 Å². The van der Waals surface area contributed by atoms with Crippen molar-refractivity contribution in [3.8, 4) is 5.82 Å². The first-order valence-corrected chi connectivity index (χ1v) is 6.72. The predicted molar refractivity (Wildman–Crippen MR) is 74.7 cm³/mol. The second-order valence-electron chi connectivity index (χ2n) is 4.93. The van der Waals surface area contributed by atoms with Crippen LogP contribution in [0, 0.1) is 0 Å². The highest BCUT2D eigenvalue weighted by molar-refractivity contribution is 5.94. The summed E-state index contributed by atoms with van der Waals surface area (Å²) in [5.41, 5.74) is 0.627. The third-order valence-electron chi connectivity index (χ3n) is 3.53. The predicted octanol–water partition coefficient (Wildman–Crippen LogP) is 0.701. The average Bonchev–Trinajstić information content (AvgIpc) is 3.01. The number of amides is 1. The molecule has 1 atom stereocenters. The van der Waals surface area contributed by atoms with Gasteiger partial charge in [0, 0.05) is 44.3 Å². The highest BCUT2D eigenvalue weighted by Gasteiger charge is 2.24. The van der Waals surface area contributed by atoms with E-state index in [4.69, 9.17) is 0 Å². The Morgan fingerprint density at radius 3 is 3.00 bits per heavy atom. The number of carbonyl (C=O) groups is 1. The number of imidazole rings is 1. The van der Waals surface area contributed by atoms with Crippen LogP contribution in [0.15, 0.2) is 37.1 Å². The minimum Gasteiger partial charge on any atom is -0.333 e. The summed E-state index contributed by atoms with van der Waals surface area (Å²) in [7, 11) is 0. The maximum atomic E-state index is 12.4. The fourth-order valence-electron chi connectivity index (χ4n) is 2.37. The Bertz CT molecular complexity index is 578. The molecule has 2 aromatic heterocycles. The molecule has 0 radical (unpaired) electrons. The van der Waals surface area contributed by atoms with Crippen LogP contribution in [0.4, 0.5) is 0 Å². The van der Waals surface area contributed by atoms with Crippen molar-refractivity contribution in [1.29, 1.82) is 0 Å². The SMILES string of the molecule is C[C@H]1CNCCN1C(=O)c1ccc(-n2ccnc2)nc1. The summed E-state index contributed by atoms with van der Waals surface area (Å²) < 4.78 is 1.81. The number of nitrogens with zero attached hydrogens (tertiary/aromatic N) is 4. The maximum Gasteiger partial charge on any atom is 0.255 e. The molecule has 2 aromatic rings. The molecule has 6 heteroatoms. The third-order valence-corrected chi connectivity index (χ3v) is 3.53. The molecule has 3 heterocycles. The van der Waals surface area contributed by atoms with Gasteiger partial charge in [-0.25, -0.2) is 9.97 Å². The molecule has 0 saturated carbocycles. The zero-order valence-electron chi connectivity index (χ0n) is 11.4. The van der Waals surface area contributed by atoms with Crippen molar-refractivity contribution < 1.29 is 4.79 Å². The molecule has 20 heavy (non-hydrogen) atoms. The van der Waals surface area contributed by atoms with Gasteiger partial charge in [0.1, 0.15) is 12.1 Å². The lowest BCUT2D eigenvalue weighted by atomic mass is 10.1. The molecule has 1 aliphatic heterocycles. The fourth-order valence-corrected chi connectivity index (χ4v) is 2.37. The summed E-state index contributed by atoms with van der Waals surface area (Å²) in [5.74, 6) is 0.802. The zero-order chi connectivity index (χ0) is 13.9. The van der Waals surface area contributed by atoms with Crippen LogP contribution in [0.5, 0.6) is 0 Å². The molecule has 0 aromatic carbocycles. The molecular weight excluding hydrogens is 254 g/mol. The van der Waals surface area contributed by atoms with Crippen molar-refractivity contribution >= 4 is 5.91 Å². The molecule has 104 valence electrons. The van der Waals surface area contributed by atoms with E-state index in [1.165, 1.54) is 0 Å². The monoisotopic (exact) mass is 271 g/mol. The maximum absolute atomic E-state index is 12.4. The summed E-state index contributed by atoms with van der Waals surface area (Å²) in [6.07, 6.45) is 6.83. The third kappa shape index (κ3) is 2.42. The van der Waals surface area contributed by atoms with Gasteiger partial charge in [0.25, 0.3) is 5.91 Å². The molecular formula is C14H17N5O. The van der Waals surface area contributed by atoms with Gasteiger partial charge in [0.15, 0.2) is 0 Å². The number of rotatable bonds is 2. The van der Waals surface area contributed by atoms with Gasteiger partial charge in [0.05, 0.1) is 5.56 Å². The Morgan fingerprint density at radius 2 is 2.35 bits per heavy atom. The van der Waals surface area contributed by atoms with Gasteiger partial charge in [-0.1, -0.05) is 0 Å². The summed E-state index contributed by atoms with van der Waals surface area (Å²) >= 11 is 0. The molecule has 6 nitrogen and oxygen atoms in total. The van der Waals surface area contributed by atoms with Crippen molar-refractivity contribution in [3.63, 3.8) is 0 Å². The van der Waals surface area contributed by atoms with Gasteiger partial charge in [0.2, 0.25) is 0 Å². The summed E-state index contributed by atoms with van der Waals surface area (Å²) in [4.78, 5) is 22.6. The van der Waals surface area contributed by atoms with E-state index < -0.39 is 0 Å². The van der Waals surface area contributed by atoms with E-state index >= 15 is 0 Å². The topological polar surface area (TPSA) is 63.1 Å². The lowest BCUT2D eigenvalue weighted by Crippen LogP contribution is -2.52. The molecule has 0 unspecified atom stereocenters. The van der Waals surface area contributed by atoms with Gasteiger partial charge >= 0.3 is 0 Å². The first-order chi connectivity index (χ1) is 9.75. The standard InChI is InChI=1S/C14H17N5O/c1-11-8-15-5-7-19(11)14(20)12-2-3-13(17-9-12)18-6-4-16-10-18/h2-4,6,9-11,15H,5,7-8H2,1H3/t11-/m0/s1. The van der Waals surface area contributed by atoms with Crippen LogP contribution in [0.25, 0.3) is 5.82 Å². The molecule has 1 amide bonds. The number of piperazine rings is 1. The van der Waals surface area contributed by atoms with Gasteiger partial charge in [-0.15, -0.1) is 0 Å². The Hall–Kier alpha value is -2.21. The summed E-state index contributed by atoms with van der Waals surface area (Å²) in [5, 5.41) is 3.28. The number of aromatic nitrogens is 3. The lowest BCUT2D eigenvalue weighted by Gasteiger charge is -2.33. The van der Waals surface area contributed by atoms with E-state index in [1.54, 1.807) is 18.7 Å². The van der Waals surface area contributed by atoms with Gasteiger partial charge < -0.3 is 10.2 Å². The highest BCUT2D eigenvalue weighted by Crippen LogP contribution is 2.11. The highest BCUT2D eigenvalue weighted by atomic mass is 16.2. The normalized spacial score (nSPS) is 19.1. The van der Waals surface area contributed by atoms with Crippen LogP contribution in [-0.4, -0.2) is 51.0 Å². The van der Waals surface area contributed by atoms with Crippen LogP contribution in [0.1, 0.15) is 17.3 Å². The molecule has 0 aliphatic carbocycles. The zero-order valence-corrected chi connectivity index (χ0v) is 11.4. The van der Waals surface area contributed by atoms with E-state index in [-0.39, 0.29) is 11.9 Å². The van der Waals surface area contributed by atoms with Crippen molar-refractivity contribution in [2.75, 3.05) is 19.6 Å². The number of hydrogen-bond donors (Lipinski definition) is 1. The number of carbonyl (C=O) groups excluding carboxylic acids is 1. The van der Waals surface area contributed by atoms with E-state index in [1.807, 2.05) is 27.8 Å². The second kappa shape index (κ2) is 5.42. The molecule has 1 saturated heterocycles. The Balaban J connectivity index is 1.78. The van der Waals surface area contributed by atoms with E-state index in [2.05, 4.69) is 22.2 Å². The first kappa shape index (κ1) is 12.8. The van der Waals surface area contributed by atoms with Crippen LogP contribution in [0.2, 0.25) is 0 Å². The molecule has 0 spiro atoms. The lowest BCUT2D eigenvalue weighted by molar-refractivity contribution is 0.0655. The van der Waals surface area contributed by atoms with E-state index in [9.17, 15) is 4.79 Å². The van der Waals surface area contributed by atoms with Crippen molar-refractivity contribution in [1.82, 2.24) is 24.8 Å². The van der Waals surface area contributed by atoms with Crippen molar-refractivity contribution in [2.45, 2.75) is 13.0 Å². The largest absolute Gasteiger partial charge is 0.333 e. The minimum absolute atomic E-state index is 0.0451. The number of nitrogens with one attached hydrogen (secondary N) is 1. The Labute approximate surface area is 117 Å². The quantitative estimate of drug-likeness (QED) is 0.873. The number of pyridine rings is 1. The minimum atomic E-state index is 0.0451. The molecule has 1 fully saturated rings. The second-order valence-corrected chi connectivity index (χ2v) is 4.93. The van der Waals surface area contributed by atoms with Crippen LogP contribution in [0.3, 0.4) is 0 Å². The number of hydrogen-bond acceptors (Lipinski definition) is 4. The van der Waals surface area contributed by atoms with E-state index in [0.717, 1.165) is 25.5 Å². The molecule has 0 bridgehead atoms. The smallest absolute Gasteiger partial charge is 0.255 e. The van der Waals surface area contributed by atoms with Gasteiger partial charge in [-0.3, -0.25) is 9.36 Å². The van der Waals surface area contributed by atoms with Crippen molar-refractivity contribution in [2.24, 2.45) is 0 Å². The first-order valence-electron chi connectivity index (χ1n) is 6.72. The van der Waals surface area contributed by atoms with E-state index in [0.29, 0.717) is 5.56 Å². The molecule has 1 aliphatic rings. The van der Waals surface area contributed by atoms with Crippen LogP contribution < -0.4 is 5.32 Å². The molecule has 1 N–H and O–H groups in total. The summed E-state index contributed by atoms with van der Waals surface area (Å²) in [6.45, 7) is 4.48. The summed E-state index contributed by atoms with van der Waals surface area (Å²) in [6, 6.07) is 3.87. The fraction of sp³-hybridized carbons (Fsp3) is 0.357. The van der Waals surface area contributed by atoms with Crippen molar-refractivity contribution in [3.05, 3.63) is 42.6 Å². The Morgan fingerprint density at radius 1 is 1.45 bits per heavy atom.